The highest BCUT2D eigenvalue weighted by molar-refractivity contribution is 7.99. The molecular weight excluding hydrogens is 483 g/mol. The Balaban J connectivity index is 1.94. The summed E-state index contributed by atoms with van der Waals surface area (Å²) in [5.74, 6) is 3.23. The fourth-order valence-corrected chi connectivity index (χ4v) is 5.54. The maximum Gasteiger partial charge on any atom is 0.435 e. The van der Waals surface area contributed by atoms with E-state index in [1.54, 1.807) is 0 Å². The Morgan fingerprint density at radius 3 is 2.29 bits per heavy atom. The van der Waals surface area contributed by atoms with Crippen LogP contribution in [0.4, 0.5) is 4.79 Å². The van der Waals surface area contributed by atoms with Gasteiger partial charge in [-0.3, -0.25) is 0 Å². The maximum absolute atomic E-state index is 11.1. The summed E-state index contributed by atoms with van der Waals surface area (Å²) in [5, 5.41) is 8.52. The average molecular weight is 531 g/mol. The molecule has 35 heavy (non-hydrogen) atoms. The summed E-state index contributed by atoms with van der Waals surface area (Å²) in [6.07, 6.45) is 14.2. The number of rotatable bonds is 23. The van der Waals surface area contributed by atoms with Gasteiger partial charge in [-0.1, -0.05) is 82.2 Å². The number of unbranched alkanes of at least 4 members (excludes halogenated alkanes) is 6. The van der Waals surface area contributed by atoms with E-state index >= 15 is 0 Å². The van der Waals surface area contributed by atoms with Gasteiger partial charge in [0.05, 0.1) is 12.7 Å². The third kappa shape index (κ3) is 16.5. The molecule has 0 amide bonds. The minimum Gasteiger partial charge on any atom is -0.472 e. The van der Waals surface area contributed by atoms with E-state index in [2.05, 4.69) is 53.5 Å². The van der Waals surface area contributed by atoms with Crippen LogP contribution in [0.2, 0.25) is 0 Å². The van der Waals surface area contributed by atoms with Crippen LogP contribution < -0.4 is 0 Å². The summed E-state index contributed by atoms with van der Waals surface area (Å²) in [7, 11) is -4.53. The van der Waals surface area contributed by atoms with E-state index < -0.39 is 13.3 Å². The van der Waals surface area contributed by atoms with Crippen LogP contribution in [0.15, 0.2) is 30.3 Å². The molecule has 202 valence electrons. The number of hydrogen-bond acceptors (Lipinski definition) is 5. The maximum atomic E-state index is 11.1. The second-order valence-corrected chi connectivity index (χ2v) is 12.1. The SMILES string of the molecule is CCCCC(CCSCCCCCCCCC(C)OCCCOP(=O)(O)C(=O)O)c1ccccc1. The Bertz CT molecular complexity index is 702. The van der Waals surface area contributed by atoms with E-state index in [4.69, 9.17) is 14.7 Å². The number of hydrogen-bond donors (Lipinski definition) is 2. The van der Waals surface area contributed by atoms with Crippen molar-refractivity contribution in [1.29, 1.82) is 0 Å². The van der Waals surface area contributed by atoms with E-state index in [0.29, 0.717) is 18.9 Å². The first-order valence-electron chi connectivity index (χ1n) is 13.3. The predicted molar refractivity (Wildman–Crippen MR) is 147 cm³/mol. The quantitative estimate of drug-likeness (QED) is 0.108. The second-order valence-electron chi connectivity index (χ2n) is 9.23. The minimum atomic E-state index is -4.53. The summed E-state index contributed by atoms with van der Waals surface area (Å²) in [6, 6.07) is 11.0. The van der Waals surface area contributed by atoms with Crippen LogP contribution in [-0.2, 0) is 13.8 Å². The Hall–Kier alpha value is -0.850. The van der Waals surface area contributed by atoms with Crippen molar-refractivity contribution in [1.82, 2.24) is 0 Å². The molecule has 0 aliphatic heterocycles. The number of benzene rings is 1. The van der Waals surface area contributed by atoms with Crippen molar-refractivity contribution in [3.8, 4) is 0 Å². The molecule has 0 spiro atoms. The molecule has 3 atom stereocenters. The highest BCUT2D eigenvalue weighted by Crippen LogP contribution is 2.42. The summed E-state index contributed by atoms with van der Waals surface area (Å²) in [5.41, 5.74) is -0.315. The van der Waals surface area contributed by atoms with Gasteiger partial charge in [0, 0.05) is 6.61 Å². The van der Waals surface area contributed by atoms with Crippen molar-refractivity contribution in [3.05, 3.63) is 35.9 Å². The van der Waals surface area contributed by atoms with Crippen molar-refractivity contribution in [2.24, 2.45) is 0 Å². The molecule has 6 nitrogen and oxygen atoms in total. The van der Waals surface area contributed by atoms with Crippen LogP contribution in [0, 0.1) is 0 Å². The lowest BCUT2D eigenvalue weighted by Crippen LogP contribution is -2.11. The molecule has 2 N–H and O–H groups in total. The van der Waals surface area contributed by atoms with Crippen molar-refractivity contribution in [2.45, 2.75) is 103 Å². The van der Waals surface area contributed by atoms with Gasteiger partial charge in [0.1, 0.15) is 0 Å². The first-order chi connectivity index (χ1) is 16.9. The summed E-state index contributed by atoms with van der Waals surface area (Å²) < 4.78 is 21.3. The molecule has 0 fully saturated rings. The van der Waals surface area contributed by atoms with Gasteiger partial charge in [0.2, 0.25) is 0 Å². The first-order valence-corrected chi connectivity index (χ1v) is 16.0. The lowest BCUT2D eigenvalue weighted by molar-refractivity contribution is 0.0499. The molecule has 3 unspecified atom stereocenters. The summed E-state index contributed by atoms with van der Waals surface area (Å²) in [6.45, 7) is 4.59. The van der Waals surface area contributed by atoms with Crippen molar-refractivity contribution in [2.75, 3.05) is 24.7 Å². The van der Waals surface area contributed by atoms with Crippen LogP contribution in [0.5, 0.6) is 0 Å². The van der Waals surface area contributed by atoms with Gasteiger partial charge in [-0.25, -0.2) is 9.36 Å². The smallest absolute Gasteiger partial charge is 0.435 e. The van der Waals surface area contributed by atoms with E-state index in [1.165, 1.54) is 74.9 Å². The fourth-order valence-electron chi connectivity index (χ4n) is 3.99. The third-order valence-electron chi connectivity index (χ3n) is 6.14. The molecule has 0 saturated heterocycles. The molecule has 1 aromatic carbocycles. The molecule has 0 heterocycles. The van der Waals surface area contributed by atoms with Crippen molar-refractivity contribution in [3.63, 3.8) is 0 Å². The monoisotopic (exact) mass is 530 g/mol. The largest absolute Gasteiger partial charge is 0.472 e. The number of thioether (sulfide) groups is 1. The zero-order valence-corrected chi connectivity index (χ0v) is 23.4. The van der Waals surface area contributed by atoms with Gasteiger partial charge in [0.15, 0.2) is 0 Å². The Morgan fingerprint density at radius 2 is 1.60 bits per heavy atom. The molecule has 8 heteroatoms. The van der Waals surface area contributed by atoms with Crippen LogP contribution in [-0.4, -0.2) is 46.5 Å². The van der Waals surface area contributed by atoms with Crippen LogP contribution in [0.3, 0.4) is 0 Å². The standard InChI is InChI=1S/C27H47O6PS/c1-3-4-16-26(25-17-11-9-12-18-25)19-23-35-22-13-8-6-5-7-10-15-24(2)32-20-14-21-33-34(30,31)27(28)29/h9,11-12,17-18,24,26H,3-8,10,13-16,19-23H2,1-2H3,(H,28,29)(H,30,31). The minimum absolute atomic E-state index is 0.0997. The Kier molecular flexibility index (Phi) is 18.6. The topological polar surface area (TPSA) is 93.1 Å². The molecule has 1 rings (SSSR count). The predicted octanol–water partition coefficient (Wildman–Crippen LogP) is 8.49. The first kappa shape index (κ1) is 32.2. The average Bonchev–Trinajstić information content (AvgIpc) is 2.84. The summed E-state index contributed by atoms with van der Waals surface area (Å²) >= 11 is 2.11. The molecule has 0 saturated carbocycles. The molecule has 0 aromatic heterocycles. The van der Waals surface area contributed by atoms with E-state index in [0.717, 1.165) is 12.8 Å². The van der Waals surface area contributed by atoms with Crippen LogP contribution in [0.25, 0.3) is 0 Å². The summed E-state index contributed by atoms with van der Waals surface area (Å²) in [4.78, 5) is 19.5. The Morgan fingerprint density at radius 1 is 0.914 bits per heavy atom. The van der Waals surface area contributed by atoms with Gasteiger partial charge >= 0.3 is 13.3 Å². The second kappa shape index (κ2) is 20.2. The van der Waals surface area contributed by atoms with Crippen LogP contribution >= 0.6 is 19.4 Å². The van der Waals surface area contributed by atoms with Gasteiger partial charge < -0.3 is 19.3 Å². The van der Waals surface area contributed by atoms with Crippen molar-refractivity contribution < 1.29 is 28.6 Å². The number of carboxylic acid groups (broad SMARTS) is 1. The van der Waals surface area contributed by atoms with Gasteiger partial charge in [-0.15, -0.1) is 0 Å². The van der Waals surface area contributed by atoms with Crippen LogP contribution in [0.1, 0.15) is 102 Å². The molecule has 0 radical (unpaired) electrons. The lowest BCUT2D eigenvalue weighted by Gasteiger charge is -2.17. The third-order valence-corrected chi connectivity index (χ3v) is 8.25. The van der Waals surface area contributed by atoms with E-state index in [1.807, 2.05) is 6.92 Å². The van der Waals surface area contributed by atoms with Gasteiger partial charge in [0.25, 0.3) is 0 Å². The van der Waals surface area contributed by atoms with Crippen molar-refractivity contribution >= 4 is 25.1 Å². The molecule has 0 aliphatic carbocycles. The Labute approximate surface area is 217 Å². The molecule has 1 aromatic rings. The molecule has 0 bridgehead atoms. The van der Waals surface area contributed by atoms with Gasteiger partial charge in [-0.2, -0.15) is 11.8 Å². The molecular formula is C27H47O6PS. The lowest BCUT2D eigenvalue weighted by atomic mass is 9.91. The zero-order chi connectivity index (χ0) is 25.8. The normalized spacial score (nSPS) is 14.9. The zero-order valence-electron chi connectivity index (χ0n) is 21.7. The molecule has 0 aliphatic rings. The van der Waals surface area contributed by atoms with E-state index in [9.17, 15) is 9.36 Å². The fraction of sp³-hybridized carbons (Fsp3) is 0.741. The highest BCUT2D eigenvalue weighted by Gasteiger charge is 2.29. The highest BCUT2D eigenvalue weighted by atomic mass is 32.2. The van der Waals surface area contributed by atoms with E-state index in [-0.39, 0.29) is 12.7 Å². The van der Waals surface area contributed by atoms with Gasteiger partial charge in [-0.05, 0) is 62.0 Å². The number of ether oxygens (including phenoxy) is 1. The number of carbonyl (C=O) groups is 1.